The molecule has 0 atom stereocenters. The summed E-state index contributed by atoms with van der Waals surface area (Å²) in [5, 5.41) is 0.239. The Morgan fingerprint density at radius 3 is 2.45 bits per heavy atom. The van der Waals surface area contributed by atoms with Gasteiger partial charge in [0.05, 0.1) is 5.39 Å². The third kappa shape index (κ3) is 4.00. The van der Waals surface area contributed by atoms with Crippen LogP contribution in [0.2, 0.25) is 0 Å². The topological polar surface area (TPSA) is 73.6 Å². The van der Waals surface area contributed by atoms with Gasteiger partial charge in [0, 0.05) is 16.7 Å². The number of esters is 1. The van der Waals surface area contributed by atoms with E-state index in [1.807, 2.05) is 18.2 Å². The predicted octanol–water partition coefficient (Wildman–Crippen LogP) is 4.95. The Hall–Kier alpha value is -4.06. The first-order chi connectivity index (χ1) is 15.0. The lowest BCUT2D eigenvalue weighted by Gasteiger charge is -2.10. The molecule has 0 aliphatic rings. The maximum absolute atomic E-state index is 13.3. The van der Waals surface area contributed by atoms with Gasteiger partial charge in [0.1, 0.15) is 17.1 Å². The van der Waals surface area contributed by atoms with Crippen molar-refractivity contribution in [3.05, 3.63) is 106 Å². The van der Waals surface area contributed by atoms with E-state index in [0.29, 0.717) is 16.9 Å². The van der Waals surface area contributed by atoms with Gasteiger partial charge in [-0.1, -0.05) is 48.5 Å². The zero-order chi connectivity index (χ0) is 22.0. The molecule has 0 bridgehead atoms. The molecule has 5 nitrogen and oxygen atoms in total. The Balaban J connectivity index is 1.69. The highest BCUT2D eigenvalue weighted by atomic mass is 19.1. The highest BCUT2D eigenvalue weighted by Gasteiger charge is 2.20. The smallest absolute Gasteiger partial charge is 0.342 e. The molecule has 0 aliphatic carbocycles. The van der Waals surface area contributed by atoms with Crippen molar-refractivity contribution in [3.63, 3.8) is 0 Å². The number of benzene rings is 3. The number of hydrogen-bond acceptors (Lipinski definition) is 5. The van der Waals surface area contributed by atoms with Crippen molar-refractivity contribution in [2.75, 3.05) is 6.61 Å². The molecule has 1 aromatic heterocycles. The maximum atomic E-state index is 13.3. The minimum atomic E-state index is -0.818. The molecular formula is C25H17FO5. The van der Waals surface area contributed by atoms with Crippen molar-refractivity contribution in [3.8, 4) is 11.3 Å². The van der Waals surface area contributed by atoms with Crippen molar-refractivity contribution in [2.45, 2.75) is 6.92 Å². The molecule has 0 aliphatic heterocycles. The molecule has 3 aromatic carbocycles. The van der Waals surface area contributed by atoms with Gasteiger partial charge in [-0.15, -0.1) is 0 Å². The Morgan fingerprint density at radius 2 is 1.71 bits per heavy atom. The van der Waals surface area contributed by atoms with E-state index in [0.717, 1.165) is 6.07 Å². The van der Waals surface area contributed by atoms with Crippen LogP contribution in [0, 0.1) is 12.7 Å². The summed E-state index contributed by atoms with van der Waals surface area (Å²) in [7, 11) is 0. The van der Waals surface area contributed by atoms with Crippen molar-refractivity contribution in [1.29, 1.82) is 0 Å². The maximum Gasteiger partial charge on any atom is 0.342 e. The summed E-state index contributed by atoms with van der Waals surface area (Å²) in [5.41, 5.74) is 1.07. The molecule has 4 rings (SSSR count). The third-order valence-corrected chi connectivity index (χ3v) is 4.88. The second-order valence-electron chi connectivity index (χ2n) is 6.94. The van der Waals surface area contributed by atoms with Crippen LogP contribution in [0.1, 0.15) is 26.3 Å². The Kier molecular flexibility index (Phi) is 5.45. The standard InChI is InChI=1S/C25H17FO5/c1-15-22(28)19-11-6-12-20(24(19)31-23(15)16-7-3-2-4-8-16)25(29)30-14-21(27)17-9-5-10-18(26)13-17/h2-13H,14H2,1H3. The monoisotopic (exact) mass is 416 g/mol. The molecule has 1 heterocycles. The largest absolute Gasteiger partial charge is 0.455 e. The number of halogens is 1. The summed E-state index contributed by atoms with van der Waals surface area (Å²) in [4.78, 5) is 37.8. The van der Waals surface area contributed by atoms with Crippen LogP contribution in [0.4, 0.5) is 4.39 Å². The second kappa shape index (κ2) is 8.36. The number of fused-ring (bicyclic) bond motifs is 1. The van der Waals surface area contributed by atoms with E-state index in [2.05, 4.69) is 0 Å². The highest BCUT2D eigenvalue weighted by Crippen LogP contribution is 2.27. The van der Waals surface area contributed by atoms with Crippen molar-refractivity contribution in [2.24, 2.45) is 0 Å². The lowest BCUT2D eigenvalue weighted by Crippen LogP contribution is -2.16. The molecule has 0 spiro atoms. The van der Waals surface area contributed by atoms with Gasteiger partial charge in [-0.2, -0.15) is 0 Å². The van der Waals surface area contributed by atoms with E-state index in [-0.39, 0.29) is 27.5 Å². The second-order valence-corrected chi connectivity index (χ2v) is 6.94. The molecule has 0 N–H and O–H groups in total. The number of para-hydroxylation sites is 1. The van der Waals surface area contributed by atoms with Crippen LogP contribution >= 0.6 is 0 Å². The van der Waals surface area contributed by atoms with Gasteiger partial charge in [-0.3, -0.25) is 9.59 Å². The zero-order valence-electron chi connectivity index (χ0n) is 16.6. The molecule has 0 unspecified atom stereocenters. The predicted molar refractivity (Wildman–Crippen MR) is 114 cm³/mol. The minimum Gasteiger partial charge on any atom is -0.455 e. The molecule has 0 saturated heterocycles. The normalized spacial score (nSPS) is 10.8. The summed E-state index contributed by atoms with van der Waals surface area (Å²) in [6.07, 6.45) is 0. The van der Waals surface area contributed by atoms with Crippen molar-refractivity contribution < 1.29 is 23.1 Å². The SMILES string of the molecule is Cc1c(-c2ccccc2)oc2c(C(=O)OCC(=O)c3cccc(F)c3)cccc2c1=O. The van der Waals surface area contributed by atoms with E-state index < -0.39 is 24.2 Å². The minimum absolute atomic E-state index is 0.0267. The number of hydrogen-bond donors (Lipinski definition) is 0. The molecule has 6 heteroatoms. The van der Waals surface area contributed by atoms with Crippen LogP contribution in [0.15, 0.2) is 82.0 Å². The first-order valence-electron chi connectivity index (χ1n) is 9.53. The van der Waals surface area contributed by atoms with Gasteiger partial charge in [-0.05, 0) is 31.2 Å². The Bertz CT molecular complexity index is 1360. The zero-order valence-corrected chi connectivity index (χ0v) is 16.6. The highest BCUT2D eigenvalue weighted by molar-refractivity contribution is 6.04. The van der Waals surface area contributed by atoms with E-state index >= 15 is 0 Å². The number of ether oxygens (including phenoxy) is 1. The molecule has 0 saturated carbocycles. The van der Waals surface area contributed by atoms with Crippen molar-refractivity contribution >= 4 is 22.7 Å². The molecule has 4 aromatic rings. The molecule has 0 fully saturated rings. The van der Waals surface area contributed by atoms with Gasteiger partial charge in [0.15, 0.2) is 23.4 Å². The molecular weight excluding hydrogens is 399 g/mol. The Morgan fingerprint density at radius 1 is 0.968 bits per heavy atom. The van der Waals surface area contributed by atoms with Crippen molar-refractivity contribution in [1.82, 2.24) is 0 Å². The third-order valence-electron chi connectivity index (χ3n) is 4.88. The average Bonchev–Trinajstić information content (AvgIpc) is 2.79. The van der Waals surface area contributed by atoms with E-state index in [4.69, 9.17) is 9.15 Å². The summed E-state index contributed by atoms with van der Waals surface area (Å²) in [6.45, 7) is 1.09. The quantitative estimate of drug-likeness (QED) is 0.340. The van der Waals surface area contributed by atoms with E-state index in [1.165, 1.54) is 24.3 Å². The van der Waals surface area contributed by atoms with E-state index in [9.17, 15) is 18.8 Å². The molecule has 0 amide bonds. The number of carbonyl (C=O) groups is 2. The number of ketones is 1. The van der Waals surface area contributed by atoms with Crippen LogP contribution in [-0.4, -0.2) is 18.4 Å². The van der Waals surface area contributed by atoms with Gasteiger partial charge >= 0.3 is 5.97 Å². The van der Waals surface area contributed by atoms with Crippen LogP contribution in [0.3, 0.4) is 0 Å². The first kappa shape index (κ1) is 20.2. The van der Waals surface area contributed by atoms with Crippen LogP contribution in [0.5, 0.6) is 0 Å². The summed E-state index contributed by atoms with van der Waals surface area (Å²) in [6, 6.07) is 18.8. The molecule has 154 valence electrons. The first-order valence-corrected chi connectivity index (χ1v) is 9.53. The molecule has 31 heavy (non-hydrogen) atoms. The number of carbonyl (C=O) groups excluding carboxylic acids is 2. The van der Waals surface area contributed by atoms with Crippen LogP contribution < -0.4 is 5.43 Å². The van der Waals surface area contributed by atoms with Gasteiger partial charge in [-0.25, -0.2) is 9.18 Å². The lowest BCUT2D eigenvalue weighted by atomic mass is 10.0. The lowest BCUT2D eigenvalue weighted by molar-refractivity contribution is 0.0475. The van der Waals surface area contributed by atoms with E-state index in [1.54, 1.807) is 31.2 Å². The van der Waals surface area contributed by atoms with Gasteiger partial charge in [0.25, 0.3) is 0 Å². The fourth-order valence-electron chi connectivity index (χ4n) is 3.29. The number of rotatable bonds is 5. The average molecular weight is 416 g/mol. The summed E-state index contributed by atoms with van der Waals surface area (Å²) in [5.74, 6) is -1.57. The molecule has 0 radical (unpaired) electrons. The number of Topliss-reactive ketones (excluding diaryl/α,β-unsaturated/α-hetero) is 1. The summed E-state index contributed by atoms with van der Waals surface area (Å²) >= 11 is 0. The fourth-order valence-corrected chi connectivity index (χ4v) is 3.29. The van der Waals surface area contributed by atoms with Crippen LogP contribution in [-0.2, 0) is 4.74 Å². The summed E-state index contributed by atoms with van der Waals surface area (Å²) < 4.78 is 24.4. The fraction of sp³-hybridized carbons (Fsp3) is 0.0800. The van der Waals surface area contributed by atoms with Gasteiger partial charge in [0.2, 0.25) is 0 Å². The van der Waals surface area contributed by atoms with Crippen LogP contribution in [0.25, 0.3) is 22.3 Å². The van der Waals surface area contributed by atoms with Gasteiger partial charge < -0.3 is 9.15 Å². The Labute approximate surface area is 176 Å².